The molecule has 0 saturated carbocycles. The third kappa shape index (κ3) is 7.51. The average Bonchev–Trinajstić information content (AvgIpc) is 2.15. The van der Waals surface area contributed by atoms with Gasteiger partial charge in [-0.2, -0.15) is 0 Å². The Morgan fingerprint density at radius 2 is 1.93 bits per heavy atom. The molecule has 0 rings (SSSR count). The van der Waals surface area contributed by atoms with E-state index in [1.54, 1.807) is 6.26 Å². The van der Waals surface area contributed by atoms with E-state index in [2.05, 4.69) is 26.1 Å². The van der Waals surface area contributed by atoms with Crippen LogP contribution in [0.1, 0.15) is 40.0 Å². The zero-order valence-electron chi connectivity index (χ0n) is 10.0. The van der Waals surface area contributed by atoms with Crippen molar-refractivity contribution in [3.05, 3.63) is 0 Å². The molecule has 0 saturated heterocycles. The summed E-state index contributed by atoms with van der Waals surface area (Å²) in [6.45, 7) is 7.63. The lowest BCUT2D eigenvalue weighted by molar-refractivity contribution is 0.392. The maximum absolute atomic E-state index is 10.9. The van der Waals surface area contributed by atoms with Crippen molar-refractivity contribution in [2.24, 2.45) is 5.92 Å². The van der Waals surface area contributed by atoms with Crippen LogP contribution >= 0.6 is 0 Å². The molecule has 0 fully saturated rings. The summed E-state index contributed by atoms with van der Waals surface area (Å²) >= 11 is 0. The molecule has 0 bridgehead atoms. The van der Waals surface area contributed by atoms with Crippen LogP contribution in [0.5, 0.6) is 0 Å². The lowest BCUT2D eigenvalue weighted by atomic mass is 9.98. The van der Waals surface area contributed by atoms with E-state index in [4.69, 9.17) is 0 Å². The molecule has 0 heterocycles. The summed E-state index contributed by atoms with van der Waals surface area (Å²) in [5.41, 5.74) is 0. The van der Waals surface area contributed by atoms with Gasteiger partial charge in [-0.3, -0.25) is 4.21 Å². The van der Waals surface area contributed by atoms with Crippen LogP contribution in [-0.4, -0.2) is 28.8 Å². The monoisotopic (exact) mass is 219 g/mol. The van der Waals surface area contributed by atoms with Crippen LogP contribution in [0.4, 0.5) is 0 Å². The first-order chi connectivity index (χ1) is 6.60. The van der Waals surface area contributed by atoms with Crippen molar-refractivity contribution in [3.63, 3.8) is 0 Å². The van der Waals surface area contributed by atoms with Gasteiger partial charge in [0.1, 0.15) is 0 Å². The van der Waals surface area contributed by atoms with Crippen molar-refractivity contribution in [2.45, 2.75) is 46.1 Å². The standard InChI is InChI=1S/C11H25NOS/c1-5-10(3)9-11(6-2)12-7-8-14(4)13/h10-12H,5-9H2,1-4H3. The van der Waals surface area contributed by atoms with Gasteiger partial charge in [0.15, 0.2) is 0 Å². The van der Waals surface area contributed by atoms with Crippen LogP contribution in [0.25, 0.3) is 0 Å². The highest BCUT2D eigenvalue weighted by Crippen LogP contribution is 2.11. The van der Waals surface area contributed by atoms with Gasteiger partial charge in [0.05, 0.1) is 0 Å². The van der Waals surface area contributed by atoms with Crippen LogP contribution in [-0.2, 0) is 10.8 Å². The molecule has 3 unspecified atom stereocenters. The van der Waals surface area contributed by atoms with Crippen molar-refractivity contribution >= 4 is 10.8 Å². The number of rotatable bonds is 8. The SMILES string of the molecule is CCC(C)CC(CC)NCCS(C)=O. The minimum absolute atomic E-state index is 0.605. The van der Waals surface area contributed by atoms with E-state index in [9.17, 15) is 4.21 Å². The Hall–Kier alpha value is 0.110. The maximum atomic E-state index is 10.9. The van der Waals surface area contributed by atoms with E-state index in [0.717, 1.165) is 18.2 Å². The first kappa shape index (κ1) is 14.1. The summed E-state index contributed by atoms with van der Waals surface area (Å²) in [5.74, 6) is 1.57. The summed E-state index contributed by atoms with van der Waals surface area (Å²) in [5, 5.41) is 3.47. The molecule has 0 aliphatic rings. The molecule has 1 N–H and O–H groups in total. The molecule has 3 heteroatoms. The Bertz CT molecular complexity index is 161. The highest BCUT2D eigenvalue weighted by molar-refractivity contribution is 7.84. The molecule has 0 spiro atoms. The molecule has 0 aliphatic carbocycles. The lowest BCUT2D eigenvalue weighted by Gasteiger charge is -2.19. The Balaban J connectivity index is 3.62. The third-order valence-electron chi connectivity index (χ3n) is 2.70. The molecular formula is C11H25NOS. The molecule has 0 aromatic heterocycles. The second-order valence-electron chi connectivity index (χ2n) is 4.09. The third-order valence-corrected chi connectivity index (χ3v) is 3.48. The van der Waals surface area contributed by atoms with E-state index < -0.39 is 10.8 Å². The van der Waals surface area contributed by atoms with Gasteiger partial charge >= 0.3 is 0 Å². The van der Waals surface area contributed by atoms with Crippen LogP contribution in [0, 0.1) is 5.92 Å². The minimum Gasteiger partial charge on any atom is -0.313 e. The Morgan fingerprint density at radius 3 is 2.36 bits per heavy atom. The van der Waals surface area contributed by atoms with Crippen molar-refractivity contribution in [1.82, 2.24) is 5.32 Å². The van der Waals surface area contributed by atoms with Crippen molar-refractivity contribution in [2.75, 3.05) is 18.6 Å². The van der Waals surface area contributed by atoms with Gasteiger partial charge in [0, 0.05) is 35.4 Å². The molecule has 3 atom stereocenters. The summed E-state index contributed by atoms with van der Waals surface area (Å²) in [7, 11) is -0.661. The zero-order valence-corrected chi connectivity index (χ0v) is 10.8. The maximum Gasteiger partial charge on any atom is 0.0357 e. The van der Waals surface area contributed by atoms with Gasteiger partial charge in [-0.1, -0.05) is 27.2 Å². The summed E-state index contributed by atoms with van der Waals surface area (Å²) in [6, 6.07) is 0.605. The summed E-state index contributed by atoms with van der Waals surface area (Å²) in [4.78, 5) is 0. The van der Waals surface area contributed by atoms with Gasteiger partial charge < -0.3 is 5.32 Å². The fourth-order valence-corrected chi connectivity index (χ4v) is 1.86. The van der Waals surface area contributed by atoms with Gasteiger partial charge in [-0.15, -0.1) is 0 Å². The van der Waals surface area contributed by atoms with E-state index in [-0.39, 0.29) is 0 Å². The molecule has 86 valence electrons. The molecule has 0 radical (unpaired) electrons. The fraction of sp³-hybridized carbons (Fsp3) is 1.00. The van der Waals surface area contributed by atoms with E-state index in [0.29, 0.717) is 6.04 Å². The van der Waals surface area contributed by atoms with Gasteiger partial charge in [-0.05, 0) is 18.8 Å². The second kappa shape index (κ2) is 8.42. The quantitative estimate of drug-likeness (QED) is 0.678. The smallest absolute Gasteiger partial charge is 0.0357 e. The normalized spacial score (nSPS) is 17.7. The first-order valence-corrected chi connectivity index (χ1v) is 7.36. The Kier molecular flexibility index (Phi) is 8.49. The molecule has 0 aliphatic heterocycles. The number of hydrogen-bond acceptors (Lipinski definition) is 2. The fourth-order valence-electron chi connectivity index (χ4n) is 1.45. The Labute approximate surface area is 91.3 Å². The second-order valence-corrected chi connectivity index (χ2v) is 5.64. The highest BCUT2D eigenvalue weighted by Gasteiger charge is 2.09. The van der Waals surface area contributed by atoms with Crippen molar-refractivity contribution in [3.8, 4) is 0 Å². The number of nitrogens with one attached hydrogen (secondary N) is 1. The molecule has 0 aromatic carbocycles. The summed E-state index contributed by atoms with van der Waals surface area (Å²) in [6.07, 6.45) is 5.42. The number of hydrogen-bond donors (Lipinski definition) is 1. The summed E-state index contributed by atoms with van der Waals surface area (Å²) < 4.78 is 10.9. The van der Waals surface area contributed by atoms with Crippen LogP contribution in [0.2, 0.25) is 0 Å². The van der Waals surface area contributed by atoms with E-state index in [1.807, 2.05) is 0 Å². The van der Waals surface area contributed by atoms with Gasteiger partial charge in [0.25, 0.3) is 0 Å². The first-order valence-electron chi connectivity index (χ1n) is 5.63. The van der Waals surface area contributed by atoms with Crippen molar-refractivity contribution < 1.29 is 4.21 Å². The molecule has 2 nitrogen and oxygen atoms in total. The predicted octanol–water partition coefficient (Wildman–Crippen LogP) is 2.17. The minimum atomic E-state index is -0.661. The molecule has 0 aromatic rings. The van der Waals surface area contributed by atoms with Crippen LogP contribution < -0.4 is 5.32 Å². The lowest BCUT2D eigenvalue weighted by Crippen LogP contribution is -2.33. The highest BCUT2D eigenvalue weighted by atomic mass is 32.2. The van der Waals surface area contributed by atoms with E-state index >= 15 is 0 Å². The molecule has 14 heavy (non-hydrogen) atoms. The predicted molar refractivity (Wildman–Crippen MR) is 65.1 cm³/mol. The van der Waals surface area contributed by atoms with Crippen LogP contribution in [0.15, 0.2) is 0 Å². The van der Waals surface area contributed by atoms with Gasteiger partial charge in [-0.25, -0.2) is 0 Å². The molecule has 0 amide bonds. The topological polar surface area (TPSA) is 29.1 Å². The average molecular weight is 219 g/mol. The van der Waals surface area contributed by atoms with Crippen LogP contribution in [0.3, 0.4) is 0 Å². The molecular weight excluding hydrogens is 194 g/mol. The zero-order chi connectivity index (χ0) is 11.0. The largest absolute Gasteiger partial charge is 0.313 e. The van der Waals surface area contributed by atoms with E-state index in [1.165, 1.54) is 19.3 Å². The van der Waals surface area contributed by atoms with Crippen molar-refractivity contribution in [1.29, 1.82) is 0 Å². The van der Waals surface area contributed by atoms with Gasteiger partial charge in [0.2, 0.25) is 0 Å². The Morgan fingerprint density at radius 1 is 1.29 bits per heavy atom.